The summed E-state index contributed by atoms with van der Waals surface area (Å²) in [5.74, 6) is 0. The monoisotopic (exact) mass is 528 g/mol. The number of nitrogens with zero attached hydrogens (tertiary/aromatic N) is 8. The molecule has 2 N–H and O–H groups in total. The summed E-state index contributed by atoms with van der Waals surface area (Å²) in [6.45, 7) is 4.04. The van der Waals surface area contributed by atoms with E-state index in [0.717, 1.165) is 58.4 Å². The van der Waals surface area contributed by atoms with Crippen LogP contribution in [0.1, 0.15) is 58.8 Å². The average Bonchev–Trinajstić information content (AvgIpc) is 3.81. The Morgan fingerprint density at radius 1 is 0.575 bits per heavy atom. The maximum atomic E-state index is 4.57. The summed E-state index contributed by atoms with van der Waals surface area (Å²) in [4.78, 5) is 0. The van der Waals surface area contributed by atoms with Gasteiger partial charge in [-0.2, -0.15) is 10.2 Å². The van der Waals surface area contributed by atoms with E-state index in [2.05, 4.69) is 65.9 Å². The van der Waals surface area contributed by atoms with Crippen molar-refractivity contribution in [3.8, 4) is 11.4 Å². The molecule has 0 aliphatic carbocycles. The van der Waals surface area contributed by atoms with E-state index >= 15 is 0 Å². The molecule has 7 rings (SSSR count). The quantitative estimate of drug-likeness (QED) is 0.339. The van der Waals surface area contributed by atoms with Crippen molar-refractivity contribution in [3.05, 3.63) is 119 Å². The molecule has 0 saturated carbocycles. The minimum atomic E-state index is 0.144. The van der Waals surface area contributed by atoms with Gasteiger partial charge in [-0.3, -0.25) is 0 Å². The third-order valence-electron chi connectivity index (χ3n) is 7.58. The van der Waals surface area contributed by atoms with Crippen molar-refractivity contribution in [2.75, 3.05) is 0 Å². The minimum absolute atomic E-state index is 0.144. The molecule has 0 fully saturated rings. The Morgan fingerprint density at radius 2 is 0.975 bits per heavy atom. The van der Waals surface area contributed by atoms with E-state index in [4.69, 9.17) is 0 Å². The molecule has 4 heterocycles. The average molecular weight is 529 g/mol. The lowest BCUT2D eigenvalue weighted by Gasteiger charge is -2.09. The molecule has 10 heteroatoms. The molecule has 0 spiro atoms. The molecule has 2 aliphatic heterocycles. The summed E-state index contributed by atoms with van der Waals surface area (Å²) in [6, 6.07) is 29.0. The van der Waals surface area contributed by atoms with Crippen LogP contribution in [0.4, 0.5) is 0 Å². The SMILES string of the molecule is Cc1c(C2=NNC(c3ccccc3)C2)nnn1-c1ccc(-n2nnc(C3=NNC(c4ccccc4)C3)c2C)cc1. The van der Waals surface area contributed by atoms with Crippen LogP contribution in [0, 0.1) is 13.8 Å². The first-order valence-electron chi connectivity index (χ1n) is 13.4. The largest absolute Gasteiger partial charge is 0.302 e. The molecule has 2 unspecified atom stereocenters. The van der Waals surface area contributed by atoms with E-state index in [-0.39, 0.29) is 12.1 Å². The number of hydrogen-bond donors (Lipinski definition) is 2. The molecule has 5 aromatic rings. The van der Waals surface area contributed by atoms with Gasteiger partial charge in [0.25, 0.3) is 0 Å². The maximum Gasteiger partial charge on any atom is 0.132 e. The van der Waals surface area contributed by atoms with Gasteiger partial charge in [-0.05, 0) is 49.2 Å². The zero-order valence-electron chi connectivity index (χ0n) is 22.2. The van der Waals surface area contributed by atoms with E-state index in [9.17, 15) is 0 Å². The van der Waals surface area contributed by atoms with Crippen LogP contribution in [0.25, 0.3) is 11.4 Å². The van der Waals surface area contributed by atoms with E-state index in [1.54, 1.807) is 0 Å². The standard InChI is InChI=1S/C30H28N10/c1-19-29(27-17-25(31-33-27)21-9-5-3-6-10-21)35-37-39(19)23-13-15-24(16-14-23)40-20(2)30(36-38-40)28-18-26(32-34-28)22-11-7-4-8-12-22/h3-16,25-26,31-32H,17-18H2,1-2H3. The molecule has 40 heavy (non-hydrogen) atoms. The first kappa shape index (κ1) is 24.0. The third-order valence-corrected chi connectivity index (χ3v) is 7.58. The van der Waals surface area contributed by atoms with Crippen LogP contribution in [0.2, 0.25) is 0 Å². The first-order valence-corrected chi connectivity index (χ1v) is 13.4. The fourth-order valence-corrected chi connectivity index (χ4v) is 5.35. The molecule has 2 aromatic heterocycles. The second kappa shape index (κ2) is 9.88. The van der Waals surface area contributed by atoms with E-state index in [0.29, 0.717) is 0 Å². The van der Waals surface area contributed by atoms with Crippen LogP contribution in [0.5, 0.6) is 0 Å². The van der Waals surface area contributed by atoms with Crippen molar-refractivity contribution >= 4 is 11.4 Å². The Balaban J connectivity index is 1.07. The number of aromatic nitrogens is 6. The number of hydrazone groups is 2. The Labute approximate surface area is 231 Å². The van der Waals surface area contributed by atoms with Gasteiger partial charge in [0, 0.05) is 12.8 Å². The van der Waals surface area contributed by atoms with Gasteiger partial charge in [-0.25, -0.2) is 9.36 Å². The van der Waals surface area contributed by atoms with Gasteiger partial charge < -0.3 is 10.9 Å². The van der Waals surface area contributed by atoms with E-state index in [1.165, 1.54) is 11.1 Å². The van der Waals surface area contributed by atoms with E-state index < -0.39 is 0 Å². The summed E-state index contributed by atoms with van der Waals surface area (Å²) in [5.41, 5.74) is 16.1. The van der Waals surface area contributed by atoms with Gasteiger partial charge in [0.2, 0.25) is 0 Å². The second-order valence-corrected chi connectivity index (χ2v) is 10.1. The lowest BCUT2D eigenvalue weighted by atomic mass is 10.0. The van der Waals surface area contributed by atoms with Crippen LogP contribution in [-0.2, 0) is 0 Å². The molecular weight excluding hydrogens is 500 g/mol. The van der Waals surface area contributed by atoms with E-state index in [1.807, 2.05) is 83.9 Å². The zero-order valence-corrected chi connectivity index (χ0v) is 22.2. The smallest absolute Gasteiger partial charge is 0.132 e. The highest BCUT2D eigenvalue weighted by atomic mass is 15.5. The zero-order chi connectivity index (χ0) is 27.1. The van der Waals surface area contributed by atoms with Crippen molar-refractivity contribution in [2.45, 2.75) is 38.8 Å². The number of benzene rings is 3. The van der Waals surface area contributed by atoms with Gasteiger partial charge in [0.05, 0.1) is 46.3 Å². The van der Waals surface area contributed by atoms with Crippen LogP contribution < -0.4 is 10.9 Å². The fourth-order valence-electron chi connectivity index (χ4n) is 5.35. The predicted octanol–water partition coefficient (Wildman–Crippen LogP) is 4.34. The molecule has 10 nitrogen and oxygen atoms in total. The summed E-state index contributed by atoms with van der Waals surface area (Å²) >= 11 is 0. The molecule has 0 saturated heterocycles. The van der Waals surface area contributed by atoms with Gasteiger partial charge >= 0.3 is 0 Å². The highest BCUT2D eigenvalue weighted by molar-refractivity contribution is 6.01. The number of nitrogens with one attached hydrogen (secondary N) is 2. The van der Waals surface area contributed by atoms with Crippen LogP contribution in [-0.4, -0.2) is 41.4 Å². The molecule has 198 valence electrons. The highest BCUT2D eigenvalue weighted by Gasteiger charge is 2.27. The fraction of sp³-hybridized carbons (Fsp3) is 0.200. The molecule has 2 aliphatic rings. The highest BCUT2D eigenvalue weighted by Crippen LogP contribution is 2.27. The molecule has 2 atom stereocenters. The number of hydrogen-bond acceptors (Lipinski definition) is 8. The molecule has 0 amide bonds. The van der Waals surface area contributed by atoms with Gasteiger partial charge in [-0.1, -0.05) is 71.1 Å². The maximum absolute atomic E-state index is 4.57. The molecular formula is C30H28N10. The minimum Gasteiger partial charge on any atom is -0.302 e. The summed E-state index contributed by atoms with van der Waals surface area (Å²) in [7, 11) is 0. The third kappa shape index (κ3) is 4.23. The van der Waals surface area contributed by atoms with Crippen molar-refractivity contribution in [2.24, 2.45) is 10.2 Å². The van der Waals surface area contributed by atoms with Gasteiger partial charge in [0.1, 0.15) is 11.4 Å². The van der Waals surface area contributed by atoms with Crippen molar-refractivity contribution in [3.63, 3.8) is 0 Å². The summed E-state index contributed by atoms with van der Waals surface area (Å²) in [6.07, 6.45) is 1.53. The van der Waals surface area contributed by atoms with Crippen LogP contribution in [0.15, 0.2) is 95.1 Å². The van der Waals surface area contributed by atoms with Crippen LogP contribution >= 0.6 is 0 Å². The summed E-state index contributed by atoms with van der Waals surface area (Å²) < 4.78 is 3.69. The Hall–Kier alpha value is -5.12. The Bertz CT molecular complexity index is 1590. The lowest BCUT2D eigenvalue weighted by molar-refractivity contribution is 0.620. The summed E-state index contributed by atoms with van der Waals surface area (Å²) in [5, 5.41) is 27.0. The van der Waals surface area contributed by atoms with Crippen LogP contribution in [0.3, 0.4) is 0 Å². The van der Waals surface area contributed by atoms with Gasteiger partial charge in [0.15, 0.2) is 0 Å². The van der Waals surface area contributed by atoms with Crippen molar-refractivity contribution in [1.29, 1.82) is 0 Å². The van der Waals surface area contributed by atoms with Crippen molar-refractivity contribution in [1.82, 2.24) is 40.8 Å². The molecule has 0 radical (unpaired) electrons. The first-order chi connectivity index (χ1) is 19.7. The predicted molar refractivity (Wildman–Crippen MR) is 153 cm³/mol. The van der Waals surface area contributed by atoms with Crippen molar-refractivity contribution < 1.29 is 0 Å². The van der Waals surface area contributed by atoms with Gasteiger partial charge in [-0.15, -0.1) is 10.2 Å². The number of rotatable bonds is 6. The normalized spacial score (nSPS) is 18.2. The molecule has 0 bridgehead atoms. The second-order valence-electron chi connectivity index (χ2n) is 10.1. The lowest BCUT2D eigenvalue weighted by Crippen LogP contribution is -2.10. The molecule has 3 aromatic carbocycles. The Kier molecular flexibility index (Phi) is 5.92. The topological polar surface area (TPSA) is 110 Å². The Morgan fingerprint density at radius 3 is 1.38 bits per heavy atom.